The Morgan fingerprint density at radius 2 is 2.00 bits per heavy atom. The van der Waals surface area contributed by atoms with E-state index in [9.17, 15) is 25.1 Å². The maximum atomic E-state index is 10.5. The van der Waals surface area contributed by atoms with Crippen molar-refractivity contribution in [2.75, 3.05) is 0 Å². The topological polar surface area (TPSA) is 104 Å². The molecule has 6 nitrogen and oxygen atoms in total. The van der Waals surface area contributed by atoms with Crippen molar-refractivity contribution in [3.8, 4) is 5.75 Å². The third kappa shape index (κ3) is 2.92. The van der Waals surface area contributed by atoms with Gasteiger partial charge in [0.25, 0.3) is 5.69 Å². The number of phenols is 1. The Bertz CT molecular complexity index is 418. The van der Waals surface area contributed by atoms with Crippen LogP contribution >= 0.6 is 0 Å². The Hall–Kier alpha value is -1.11. The van der Waals surface area contributed by atoms with E-state index >= 15 is 0 Å². The van der Waals surface area contributed by atoms with Crippen molar-refractivity contribution in [3.63, 3.8) is 0 Å². The summed E-state index contributed by atoms with van der Waals surface area (Å²) in [5, 5.41) is 30.0. The number of rotatable bonds is 2. The third-order valence-electron chi connectivity index (χ3n) is 1.72. The van der Waals surface area contributed by atoms with Crippen LogP contribution in [0.1, 0.15) is 15.9 Å². The number of carbonyl (C=O) groups excluding carboxylic acids is 1. The normalized spacial score (nSPS) is 9.13. The van der Waals surface area contributed by atoms with Crippen LogP contribution in [0.25, 0.3) is 0 Å². The second kappa shape index (κ2) is 5.11. The van der Waals surface area contributed by atoms with Crippen molar-refractivity contribution < 1.29 is 49.5 Å². The van der Waals surface area contributed by atoms with Crippen LogP contribution in [0.4, 0.5) is 5.69 Å². The number of hydrogen-bond acceptors (Lipinski definition) is 5. The van der Waals surface area contributed by atoms with Crippen LogP contribution in [0.3, 0.4) is 0 Å². The fourth-order valence-corrected chi connectivity index (χ4v) is 1.02. The molecule has 0 bridgehead atoms. The van der Waals surface area contributed by atoms with Crippen LogP contribution in [0.15, 0.2) is 12.1 Å². The second-order valence-corrected chi connectivity index (χ2v) is 2.70. The molecule has 15 heavy (non-hydrogen) atoms. The SMILES string of the molecule is Cc1cc([N+](=O)[O-])cc(C(=O)[O-])c1O.[Na+]. The standard InChI is InChI=1S/C8H7NO5.Na/c1-4-2-5(9(13)14)3-6(7(4)10)8(11)12;/h2-3,10H,1H3,(H,11,12);/q;+1/p-1. The first-order chi connectivity index (χ1) is 6.43. The molecule has 0 spiro atoms. The zero-order valence-electron chi connectivity index (χ0n) is 8.18. The molecule has 0 unspecified atom stereocenters. The van der Waals surface area contributed by atoms with Crippen molar-refractivity contribution in [1.29, 1.82) is 0 Å². The molecule has 0 aromatic heterocycles. The molecular formula is C8H6NNaO5. The third-order valence-corrected chi connectivity index (χ3v) is 1.72. The molecule has 0 aliphatic heterocycles. The molecule has 0 atom stereocenters. The maximum absolute atomic E-state index is 10.5. The minimum atomic E-state index is -1.64. The summed E-state index contributed by atoms with van der Waals surface area (Å²) in [6, 6.07) is 1.85. The number of non-ortho nitro benzene ring substituents is 1. The molecule has 7 heteroatoms. The first-order valence-corrected chi connectivity index (χ1v) is 3.63. The molecule has 0 saturated carbocycles. The van der Waals surface area contributed by atoms with Crippen LogP contribution < -0.4 is 34.7 Å². The van der Waals surface area contributed by atoms with E-state index < -0.39 is 22.2 Å². The van der Waals surface area contributed by atoms with Crippen LogP contribution in [0.2, 0.25) is 0 Å². The van der Waals surface area contributed by atoms with Gasteiger partial charge in [-0.2, -0.15) is 0 Å². The molecule has 1 N–H and O–H groups in total. The molecule has 0 fully saturated rings. The summed E-state index contributed by atoms with van der Waals surface area (Å²) >= 11 is 0. The fourth-order valence-electron chi connectivity index (χ4n) is 1.02. The molecule has 1 aromatic rings. The summed E-state index contributed by atoms with van der Waals surface area (Å²) in [6.45, 7) is 1.37. The number of hydrogen-bond donors (Lipinski definition) is 1. The monoisotopic (exact) mass is 219 g/mol. The average Bonchev–Trinajstić information content (AvgIpc) is 2.08. The smallest absolute Gasteiger partial charge is 0.545 e. The van der Waals surface area contributed by atoms with Gasteiger partial charge in [-0.1, -0.05) is 0 Å². The summed E-state index contributed by atoms with van der Waals surface area (Å²) < 4.78 is 0. The first-order valence-electron chi connectivity index (χ1n) is 3.63. The molecule has 0 amide bonds. The number of carboxylic acids is 1. The predicted octanol–water partition coefficient (Wildman–Crippen LogP) is -3.02. The number of carbonyl (C=O) groups is 1. The Labute approximate surface area is 107 Å². The van der Waals surface area contributed by atoms with E-state index in [1.807, 2.05) is 0 Å². The average molecular weight is 219 g/mol. The number of benzene rings is 1. The Kier molecular flexibility index (Phi) is 4.73. The van der Waals surface area contributed by atoms with Crippen molar-refractivity contribution in [3.05, 3.63) is 33.4 Å². The van der Waals surface area contributed by atoms with Crippen molar-refractivity contribution in [2.24, 2.45) is 0 Å². The van der Waals surface area contributed by atoms with Gasteiger partial charge in [0, 0.05) is 17.7 Å². The zero-order chi connectivity index (χ0) is 10.9. The number of nitro benzene ring substituents is 1. The zero-order valence-corrected chi connectivity index (χ0v) is 10.2. The van der Waals surface area contributed by atoms with Gasteiger partial charge in [-0.25, -0.2) is 0 Å². The summed E-state index contributed by atoms with van der Waals surface area (Å²) in [7, 11) is 0. The van der Waals surface area contributed by atoms with E-state index in [2.05, 4.69) is 0 Å². The predicted molar refractivity (Wildman–Crippen MR) is 43.8 cm³/mol. The van der Waals surface area contributed by atoms with Gasteiger partial charge in [0.1, 0.15) is 5.75 Å². The number of nitrogens with zero attached hydrogens (tertiary/aromatic N) is 1. The number of aromatic carboxylic acids is 1. The maximum Gasteiger partial charge on any atom is 1.00 e. The molecule has 0 heterocycles. The molecule has 74 valence electrons. The minimum Gasteiger partial charge on any atom is -0.545 e. The Morgan fingerprint density at radius 1 is 1.47 bits per heavy atom. The van der Waals surface area contributed by atoms with E-state index in [4.69, 9.17) is 0 Å². The molecule has 0 saturated heterocycles. The van der Waals surface area contributed by atoms with Gasteiger partial charge in [0.2, 0.25) is 0 Å². The molecule has 0 aliphatic carbocycles. The number of aryl methyl sites for hydroxylation is 1. The van der Waals surface area contributed by atoms with Crippen LogP contribution in [-0.4, -0.2) is 16.0 Å². The summed E-state index contributed by atoms with van der Waals surface area (Å²) in [4.78, 5) is 20.1. The number of nitro groups is 1. The second-order valence-electron chi connectivity index (χ2n) is 2.70. The number of aromatic hydroxyl groups is 1. The van der Waals surface area contributed by atoms with E-state index in [-0.39, 0.29) is 40.8 Å². The Balaban J connectivity index is 0.00000196. The largest absolute Gasteiger partial charge is 1.00 e. The number of carboxylic acid groups (broad SMARTS) is 1. The van der Waals surface area contributed by atoms with Gasteiger partial charge in [-0.3, -0.25) is 10.1 Å². The van der Waals surface area contributed by atoms with Crippen LogP contribution in [-0.2, 0) is 0 Å². The van der Waals surface area contributed by atoms with Crippen LogP contribution in [0.5, 0.6) is 5.75 Å². The fraction of sp³-hybridized carbons (Fsp3) is 0.125. The van der Waals surface area contributed by atoms with Gasteiger partial charge in [0.05, 0.1) is 10.9 Å². The molecule has 1 aromatic carbocycles. The van der Waals surface area contributed by atoms with Crippen molar-refractivity contribution >= 4 is 11.7 Å². The first kappa shape index (κ1) is 13.9. The quantitative estimate of drug-likeness (QED) is 0.324. The van der Waals surface area contributed by atoms with Crippen molar-refractivity contribution in [1.82, 2.24) is 0 Å². The molecule has 1 rings (SSSR count). The molecular weight excluding hydrogens is 213 g/mol. The Morgan fingerprint density at radius 3 is 2.40 bits per heavy atom. The van der Waals surface area contributed by atoms with Gasteiger partial charge in [-0.05, 0) is 12.5 Å². The van der Waals surface area contributed by atoms with E-state index in [1.165, 1.54) is 6.92 Å². The molecule has 0 aliphatic rings. The van der Waals surface area contributed by atoms with E-state index in [0.717, 1.165) is 12.1 Å². The summed E-state index contributed by atoms with van der Waals surface area (Å²) in [5.74, 6) is -2.15. The van der Waals surface area contributed by atoms with E-state index in [0.29, 0.717) is 0 Å². The van der Waals surface area contributed by atoms with Gasteiger partial charge in [0.15, 0.2) is 0 Å². The molecule has 0 radical (unpaired) electrons. The van der Waals surface area contributed by atoms with Gasteiger partial charge in [-0.15, -0.1) is 0 Å². The van der Waals surface area contributed by atoms with Gasteiger partial charge < -0.3 is 15.0 Å². The summed E-state index contributed by atoms with van der Waals surface area (Å²) in [6.07, 6.45) is 0. The minimum absolute atomic E-state index is 0. The van der Waals surface area contributed by atoms with E-state index in [1.54, 1.807) is 0 Å². The van der Waals surface area contributed by atoms with Crippen LogP contribution in [0, 0.1) is 17.0 Å². The van der Waals surface area contributed by atoms with Gasteiger partial charge >= 0.3 is 29.6 Å². The van der Waals surface area contributed by atoms with Crippen molar-refractivity contribution in [2.45, 2.75) is 6.92 Å². The summed E-state index contributed by atoms with van der Waals surface area (Å²) in [5.41, 5.74) is -0.838.